The van der Waals surface area contributed by atoms with Crippen LogP contribution in [0.25, 0.3) is 0 Å². The van der Waals surface area contributed by atoms with Crippen LogP contribution >= 0.6 is 10.7 Å². The molecule has 0 aromatic heterocycles. The lowest BCUT2D eigenvalue weighted by molar-refractivity contribution is -0.0499. The first-order chi connectivity index (χ1) is 7.34. The number of hydrogen-bond acceptors (Lipinski definition) is 4. The highest BCUT2D eigenvalue weighted by Gasteiger charge is 2.18. The first-order valence-electron chi connectivity index (χ1n) is 3.92. The Balaban J connectivity index is 3.17. The van der Waals surface area contributed by atoms with E-state index in [9.17, 15) is 17.2 Å². The van der Waals surface area contributed by atoms with Gasteiger partial charge in [-0.2, -0.15) is 8.78 Å². The van der Waals surface area contributed by atoms with E-state index in [2.05, 4.69) is 4.74 Å². The van der Waals surface area contributed by atoms with Gasteiger partial charge in [0.1, 0.15) is 16.4 Å². The number of ether oxygens (including phenoxy) is 2. The summed E-state index contributed by atoms with van der Waals surface area (Å²) in [6, 6.07) is 3.10. The minimum atomic E-state index is -3.99. The molecule has 0 aliphatic carbocycles. The second kappa shape index (κ2) is 4.84. The van der Waals surface area contributed by atoms with E-state index in [4.69, 9.17) is 15.4 Å². The number of halogens is 3. The Bertz CT molecular complexity index is 475. The molecule has 4 nitrogen and oxygen atoms in total. The van der Waals surface area contributed by atoms with E-state index in [1.54, 1.807) is 0 Å². The van der Waals surface area contributed by atoms with E-state index in [0.717, 1.165) is 18.2 Å². The highest BCUT2D eigenvalue weighted by molar-refractivity contribution is 8.13. The van der Waals surface area contributed by atoms with Gasteiger partial charge in [-0.25, -0.2) is 8.42 Å². The van der Waals surface area contributed by atoms with Gasteiger partial charge in [-0.15, -0.1) is 0 Å². The lowest BCUT2D eigenvalue weighted by atomic mass is 10.3. The minimum absolute atomic E-state index is 0.159. The third kappa shape index (κ3) is 3.21. The fourth-order valence-corrected chi connectivity index (χ4v) is 2.02. The molecule has 1 aromatic carbocycles. The molecule has 0 saturated heterocycles. The molecule has 0 N–H and O–H groups in total. The average Bonchev–Trinajstić information content (AvgIpc) is 2.14. The van der Waals surface area contributed by atoms with Gasteiger partial charge in [0.25, 0.3) is 9.05 Å². The Morgan fingerprint density at radius 3 is 2.44 bits per heavy atom. The first kappa shape index (κ1) is 13.0. The average molecular weight is 273 g/mol. The molecule has 0 aliphatic heterocycles. The van der Waals surface area contributed by atoms with Crippen molar-refractivity contribution in [3.8, 4) is 11.5 Å². The van der Waals surface area contributed by atoms with E-state index in [-0.39, 0.29) is 16.4 Å². The van der Waals surface area contributed by atoms with Crippen LogP contribution in [0.4, 0.5) is 8.78 Å². The van der Waals surface area contributed by atoms with E-state index < -0.39 is 15.7 Å². The molecule has 0 spiro atoms. The van der Waals surface area contributed by atoms with Crippen LogP contribution in [-0.4, -0.2) is 22.1 Å². The van der Waals surface area contributed by atoms with Gasteiger partial charge in [0.15, 0.2) is 0 Å². The molecule has 16 heavy (non-hydrogen) atoms. The highest BCUT2D eigenvalue weighted by atomic mass is 35.7. The lowest BCUT2D eigenvalue weighted by Gasteiger charge is -2.09. The fourth-order valence-electron chi connectivity index (χ4n) is 1.03. The number of hydrogen-bond donors (Lipinski definition) is 0. The van der Waals surface area contributed by atoms with Crippen molar-refractivity contribution in [3.63, 3.8) is 0 Å². The highest BCUT2D eigenvalue weighted by Crippen LogP contribution is 2.31. The first-order valence-corrected chi connectivity index (χ1v) is 6.23. The zero-order chi connectivity index (χ0) is 12.3. The summed E-state index contributed by atoms with van der Waals surface area (Å²) in [6.07, 6.45) is 0. The minimum Gasteiger partial charge on any atom is -0.495 e. The molecule has 0 saturated carbocycles. The molecule has 1 aromatic rings. The van der Waals surface area contributed by atoms with Gasteiger partial charge in [-0.05, 0) is 12.1 Å². The van der Waals surface area contributed by atoms with Crippen LogP contribution in [0.1, 0.15) is 0 Å². The largest absolute Gasteiger partial charge is 0.495 e. The number of benzene rings is 1. The van der Waals surface area contributed by atoms with Gasteiger partial charge in [-0.1, -0.05) is 0 Å². The van der Waals surface area contributed by atoms with E-state index >= 15 is 0 Å². The van der Waals surface area contributed by atoms with Gasteiger partial charge < -0.3 is 9.47 Å². The zero-order valence-corrected chi connectivity index (χ0v) is 9.56. The Morgan fingerprint density at radius 1 is 1.38 bits per heavy atom. The predicted molar refractivity (Wildman–Crippen MR) is 52.7 cm³/mol. The van der Waals surface area contributed by atoms with E-state index in [1.165, 1.54) is 7.11 Å². The van der Waals surface area contributed by atoms with Crippen molar-refractivity contribution in [2.75, 3.05) is 7.11 Å². The summed E-state index contributed by atoms with van der Waals surface area (Å²) in [7, 11) is 2.30. The summed E-state index contributed by atoms with van der Waals surface area (Å²) in [5.74, 6) is -0.371. The molecule has 0 heterocycles. The van der Waals surface area contributed by atoms with Crippen LogP contribution in [0.5, 0.6) is 11.5 Å². The normalized spacial score (nSPS) is 11.6. The second-order valence-corrected chi connectivity index (χ2v) is 5.16. The molecule has 1 rings (SSSR count). The van der Waals surface area contributed by atoms with Crippen molar-refractivity contribution in [2.24, 2.45) is 0 Å². The maximum atomic E-state index is 11.9. The lowest BCUT2D eigenvalue weighted by Crippen LogP contribution is -2.03. The van der Waals surface area contributed by atoms with E-state index in [0.29, 0.717) is 0 Å². The van der Waals surface area contributed by atoms with Crippen LogP contribution in [0, 0.1) is 0 Å². The van der Waals surface area contributed by atoms with Crippen LogP contribution in [0.15, 0.2) is 23.1 Å². The third-order valence-electron chi connectivity index (χ3n) is 1.62. The number of alkyl halides is 2. The predicted octanol–water partition coefficient (Wildman–Crippen LogP) is 2.22. The van der Waals surface area contributed by atoms with Gasteiger partial charge >= 0.3 is 6.61 Å². The molecule has 0 aliphatic rings. The maximum absolute atomic E-state index is 11.9. The quantitative estimate of drug-likeness (QED) is 0.789. The molecule has 0 atom stereocenters. The molecule has 90 valence electrons. The standard InChI is InChI=1S/C8H7ClF2O4S/c1-14-6-4-5(15-8(10)11)2-3-7(6)16(9,12)13/h2-4,8H,1H3. The monoisotopic (exact) mass is 272 g/mol. The van der Waals surface area contributed by atoms with Gasteiger partial charge in [-0.3, -0.25) is 0 Å². The van der Waals surface area contributed by atoms with Gasteiger partial charge in [0, 0.05) is 16.7 Å². The summed E-state index contributed by atoms with van der Waals surface area (Å²) >= 11 is 0. The molecule has 0 radical (unpaired) electrons. The fraction of sp³-hybridized carbons (Fsp3) is 0.250. The third-order valence-corrected chi connectivity index (χ3v) is 2.98. The molecule has 0 amide bonds. The van der Waals surface area contributed by atoms with Crippen LogP contribution < -0.4 is 9.47 Å². The number of methoxy groups -OCH3 is 1. The molecule has 0 fully saturated rings. The van der Waals surface area contributed by atoms with Crippen molar-refractivity contribution < 1.29 is 26.7 Å². The Hall–Kier alpha value is -1.08. The molecule has 0 unspecified atom stereocenters. The Morgan fingerprint density at radius 2 is 2.00 bits per heavy atom. The van der Waals surface area contributed by atoms with Crippen molar-refractivity contribution in [2.45, 2.75) is 11.5 Å². The number of rotatable bonds is 4. The summed E-state index contributed by atoms with van der Waals surface area (Å²) in [4.78, 5) is -0.307. The van der Waals surface area contributed by atoms with Crippen molar-refractivity contribution >= 4 is 19.7 Å². The van der Waals surface area contributed by atoms with Gasteiger partial charge in [0.05, 0.1) is 7.11 Å². The molecular weight excluding hydrogens is 266 g/mol. The van der Waals surface area contributed by atoms with E-state index in [1.807, 2.05) is 0 Å². The molecule has 8 heteroatoms. The summed E-state index contributed by atoms with van der Waals surface area (Å²) in [5.41, 5.74) is 0. The molecule has 0 bridgehead atoms. The summed E-state index contributed by atoms with van der Waals surface area (Å²) in [6.45, 7) is -3.00. The SMILES string of the molecule is COc1cc(OC(F)F)ccc1S(=O)(=O)Cl. The summed E-state index contributed by atoms with van der Waals surface area (Å²) < 4.78 is 54.6. The van der Waals surface area contributed by atoms with Crippen LogP contribution in [0.3, 0.4) is 0 Å². The van der Waals surface area contributed by atoms with Crippen LogP contribution in [-0.2, 0) is 9.05 Å². The zero-order valence-electron chi connectivity index (χ0n) is 7.98. The van der Waals surface area contributed by atoms with Crippen molar-refractivity contribution in [3.05, 3.63) is 18.2 Å². The molecular formula is C8H7ClF2O4S. The Labute approximate surface area is 95.2 Å². The van der Waals surface area contributed by atoms with Crippen molar-refractivity contribution in [1.82, 2.24) is 0 Å². The van der Waals surface area contributed by atoms with Gasteiger partial charge in [0.2, 0.25) is 0 Å². The smallest absolute Gasteiger partial charge is 0.387 e. The van der Waals surface area contributed by atoms with Crippen molar-refractivity contribution in [1.29, 1.82) is 0 Å². The maximum Gasteiger partial charge on any atom is 0.387 e. The summed E-state index contributed by atoms with van der Waals surface area (Å²) in [5, 5.41) is 0. The Kier molecular flexibility index (Phi) is 3.93. The second-order valence-electron chi connectivity index (χ2n) is 2.63. The topological polar surface area (TPSA) is 52.6 Å². The van der Waals surface area contributed by atoms with Crippen LogP contribution in [0.2, 0.25) is 0 Å².